The van der Waals surface area contributed by atoms with Gasteiger partial charge in [-0.05, 0) is 59.9 Å². The van der Waals surface area contributed by atoms with Gasteiger partial charge in [0, 0.05) is 12.4 Å². The minimum atomic E-state index is -4.16. The first kappa shape index (κ1) is 22.4. The van der Waals surface area contributed by atoms with E-state index in [0.717, 1.165) is 18.4 Å². The molecule has 0 saturated carbocycles. The van der Waals surface area contributed by atoms with Crippen LogP contribution < -0.4 is 0 Å². The van der Waals surface area contributed by atoms with E-state index in [0.29, 0.717) is 18.4 Å². The Hall–Kier alpha value is -1.89. The van der Waals surface area contributed by atoms with Crippen molar-refractivity contribution in [3.8, 4) is 5.75 Å². The molecule has 0 fully saturated rings. The molecule has 5 nitrogen and oxygen atoms in total. The van der Waals surface area contributed by atoms with Crippen molar-refractivity contribution in [3.05, 3.63) is 65.2 Å². The minimum absolute atomic E-state index is 0.219. The molecule has 0 bridgehead atoms. The van der Waals surface area contributed by atoms with Gasteiger partial charge in [-0.3, -0.25) is 0 Å². The average molecular weight is 406 g/mol. The van der Waals surface area contributed by atoms with Crippen molar-refractivity contribution in [2.24, 2.45) is 0 Å². The summed E-state index contributed by atoms with van der Waals surface area (Å²) in [5.41, 5.74) is 3.53. The maximum Gasteiger partial charge on any atom is 0.115 e. The van der Waals surface area contributed by atoms with Crippen molar-refractivity contribution in [1.82, 2.24) is 0 Å². The fraction of sp³-hybridized carbons (Fsp3) is 0.455. The van der Waals surface area contributed by atoms with Gasteiger partial charge in [0.1, 0.15) is 5.75 Å². The summed E-state index contributed by atoms with van der Waals surface area (Å²) in [6.45, 7) is 5.06. The predicted octanol–water partition coefficient (Wildman–Crippen LogP) is 4.53. The van der Waals surface area contributed by atoms with Crippen LogP contribution in [0.15, 0.2) is 48.5 Å². The van der Waals surface area contributed by atoms with Crippen molar-refractivity contribution in [3.63, 3.8) is 0 Å². The summed E-state index contributed by atoms with van der Waals surface area (Å²) >= 11 is 0. The van der Waals surface area contributed by atoms with Gasteiger partial charge in [-0.2, -0.15) is 0 Å². The van der Waals surface area contributed by atoms with Gasteiger partial charge in [0.25, 0.3) is 0 Å². The van der Waals surface area contributed by atoms with E-state index in [1.807, 2.05) is 24.3 Å². The average Bonchev–Trinajstić information content (AvgIpc) is 2.66. The number of hydrogen-bond acceptors (Lipinski definition) is 5. The lowest BCUT2D eigenvalue weighted by Gasteiger charge is -2.21. The minimum Gasteiger partial charge on any atom is -0.748 e. The largest absolute Gasteiger partial charge is 0.748 e. The molecule has 2 unspecified atom stereocenters. The van der Waals surface area contributed by atoms with Crippen LogP contribution in [-0.2, 0) is 21.5 Å². The van der Waals surface area contributed by atoms with Crippen molar-refractivity contribution < 1.29 is 22.8 Å². The predicted molar refractivity (Wildman–Crippen MR) is 109 cm³/mol. The van der Waals surface area contributed by atoms with E-state index >= 15 is 0 Å². The molecule has 154 valence electrons. The Morgan fingerprint density at radius 3 is 2.21 bits per heavy atom. The van der Waals surface area contributed by atoms with Gasteiger partial charge in [0.2, 0.25) is 0 Å². The Labute approximate surface area is 168 Å². The number of ether oxygens (including phenoxy) is 1. The highest BCUT2D eigenvalue weighted by Crippen LogP contribution is 2.32. The Kier molecular flexibility index (Phi) is 8.48. The summed E-state index contributed by atoms with van der Waals surface area (Å²) in [5.74, 6) is 0.742. The van der Waals surface area contributed by atoms with E-state index in [-0.39, 0.29) is 24.5 Å². The molecule has 0 aliphatic rings. The maximum atomic E-state index is 10.6. The van der Waals surface area contributed by atoms with Crippen LogP contribution in [0.1, 0.15) is 61.6 Å². The topological polar surface area (TPSA) is 86.7 Å². The Bertz CT molecular complexity index is 813. The van der Waals surface area contributed by atoms with Crippen molar-refractivity contribution in [1.29, 1.82) is 0 Å². The molecule has 0 saturated heterocycles. The molecule has 0 aliphatic heterocycles. The Morgan fingerprint density at radius 2 is 1.64 bits per heavy atom. The van der Waals surface area contributed by atoms with Gasteiger partial charge in [0.15, 0.2) is 0 Å². The van der Waals surface area contributed by atoms with Crippen LogP contribution in [0.25, 0.3) is 0 Å². The molecule has 6 heteroatoms. The van der Waals surface area contributed by atoms with Crippen LogP contribution in [0, 0.1) is 0 Å². The molecule has 0 amide bonds. The number of hydrogen-bond donors (Lipinski definition) is 1. The van der Waals surface area contributed by atoms with Crippen molar-refractivity contribution in [2.45, 2.75) is 51.6 Å². The summed E-state index contributed by atoms with van der Waals surface area (Å²) in [6.07, 6.45) is 2.29. The zero-order valence-corrected chi connectivity index (χ0v) is 17.3. The van der Waals surface area contributed by atoms with Gasteiger partial charge in [-0.15, -0.1) is 0 Å². The summed E-state index contributed by atoms with van der Waals surface area (Å²) < 4.78 is 37.1. The third-order valence-electron chi connectivity index (χ3n) is 5.00. The molecular formula is C22H29O5S-. The second kappa shape index (κ2) is 10.6. The van der Waals surface area contributed by atoms with E-state index in [9.17, 15) is 18.1 Å². The number of rotatable bonds is 11. The molecule has 0 aliphatic carbocycles. The van der Waals surface area contributed by atoms with E-state index in [1.165, 1.54) is 11.1 Å². The smallest absolute Gasteiger partial charge is 0.115 e. The summed E-state index contributed by atoms with van der Waals surface area (Å²) in [6, 6.07) is 15.7. The monoisotopic (exact) mass is 405 g/mol. The zero-order valence-electron chi connectivity index (χ0n) is 16.5. The van der Waals surface area contributed by atoms with Gasteiger partial charge in [0.05, 0.1) is 16.7 Å². The molecule has 1 N–H and O–H groups in total. The highest BCUT2D eigenvalue weighted by atomic mass is 32.2. The van der Waals surface area contributed by atoms with E-state index in [4.69, 9.17) is 4.74 Å². The standard InChI is InChI=1S/C22H30O5S/c1-3-19(15-17(2)20-9-11-22(23)12-10-20)21-7-5-18(6-8-21)16-27-13-4-14-28(24,25)26/h5-12,17,19,23H,3-4,13-16H2,1-2H3,(H,24,25,26)/p-1. The SMILES string of the molecule is CCC(CC(C)c1ccc(O)cc1)c1ccc(COCCCS(=O)(=O)[O-])cc1. The molecule has 2 rings (SSSR count). The Morgan fingerprint density at radius 1 is 1.04 bits per heavy atom. The number of phenolic OH excluding ortho intramolecular Hbond substituents is 1. The fourth-order valence-corrected chi connectivity index (χ4v) is 3.79. The Balaban J connectivity index is 1.86. The van der Waals surface area contributed by atoms with Gasteiger partial charge in [-0.1, -0.05) is 50.2 Å². The quantitative estimate of drug-likeness (QED) is 0.438. The molecule has 2 aromatic rings. The molecule has 28 heavy (non-hydrogen) atoms. The summed E-state index contributed by atoms with van der Waals surface area (Å²) in [7, 11) is -4.16. The van der Waals surface area contributed by atoms with Gasteiger partial charge in [-0.25, -0.2) is 8.42 Å². The first-order valence-electron chi connectivity index (χ1n) is 9.67. The number of benzene rings is 2. The van der Waals surface area contributed by atoms with Crippen LogP contribution in [0.3, 0.4) is 0 Å². The van der Waals surface area contributed by atoms with E-state index in [2.05, 4.69) is 26.0 Å². The summed E-state index contributed by atoms with van der Waals surface area (Å²) in [5, 5.41) is 9.45. The van der Waals surface area contributed by atoms with Crippen LogP contribution in [-0.4, -0.2) is 30.4 Å². The number of phenols is 1. The van der Waals surface area contributed by atoms with Crippen molar-refractivity contribution in [2.75, 3.05) is 12.4 Å². The zero-order chi connectivity index (χ0) is 20.6. The molecule has 0 radical (unpaired) electrons. The van der Waals surface area contributed by atoms with Crippen LogP contribution in [0.2, 0.25) is 0 Å². The lowest BCUT2D eigenvalue weighted by molar-refractivity contribution is 0.121. The van der Waals surface area contributed by atoms with Gasteiger partial charge < -0.3 is 14.4 Å². The first-order chi connectivity index (χ1) is 13.3. The maximum absolute atomic E-state index is 10.6. The lowest BCUT2D eigenvalue weighted by Crippen LogP contribution is -2.07. The number of aromatic hydroxyl groups is 1. The third-order valence-corrected chi connectivity index (χ3v) is 5.78. The molecular weight excluding hydrogens is 376 g/mol. The first-order valence-corrected chi connectivity index (χ1v) is 11.2. The third kappa shape index (κ3) is 7.62. The molecule has 0 heterocycles. The molecule has 2 aromatic carbocycles. The van der Waals surface area contributed by atoms with Crippen LogP contribution >= 0.6 is 0 Å². The summed E-state index contributed by atoms with van der Waals surface area (Å²) in [4.78, 5) is 0. The lowest BCUT2D eigenvalue weighted by atomic mass is 9.84. The fourth-order valence-electron chi connectivity index (χ4n) is 3.32. The second-order valence-electron chi connectivity index (χ2n) is 7.24. The van der Waals surface area contributed by atoms with Gasteiger partial charge >= 0.3 is 0 Å². The van der Waals surface area contributed by atoms with Crippen LogP contribution in [0.5, 0.6) is 5.75 Å². The molecule has 2 atom stereocenters. The van der Waals surface area contributed by atoms with Crippen LogP contribution in [0.4, 0.5) is 0 Å². The normalized spacial score (nSPS) is 14.0. The molecule has 0 spiro atoms. The second-order valence-corrected chi connectivity index (χ2v) is 8.77. The highest BCUT2D eigenvalue weighted by Gasteiger charge is 2.15. The van der Waals surface area contributed by atoms with E-state index < -0.39 is 10.1 Å². The molecule has 0 aromatic heterocycles. The highest BCUT2D eigenvalue weighted by molar-refractivity contribution is 7.85. The van der Waals surface area contributed by atoms with Crippen molar-refractivity contribution >= 4 is 10.1 Å². The van der Waals surface area contributed by atoms with E-state index in [1.54, 1.807) is 12.1 Å².